The van der Waals surface area contributed by atoms with E-state index in [4.69, 9.17) is 14.0 Å². The van der Waals surface area contributed by atoms with Crippen LogP contribution in [0.4, 0.5) is 0 Å². The Morgan fingerprint density at radius 1 is 1.28 bits per heavy atom. The average molecular weight is 345 g/mol. The second-order valence-electron chi connectivity index (χ2n) is 7.40. The number of nitrogens with zero attached hydrogens (tertiary/aromatic N) is 3. The lowest BCUT2D eigenvalue weighted by Gasteiger charge is -2.34. The minimum atomic E-state index is -0.142. The summed E-state index contributed by atoms with van der Waals surface area (Å²) in [7, 11) is 4.05. The highest BCUT2D eigenvalue weighted by molar-refractivity contribution is 5.62. The summed E-state index contributed by atoms with van der Waals surface area (Å²) in [5.74, 6) is 2.31. The molecule has 1 unspecified atom stereocenters. The molecule has 1 saturated heterocycles. The van der Waals surface area contributed by atoms with Crippen LogP contribution in [0.2, 0.25) is 0 Å². The SMILES string of the molecule is CN(C)CCOc1ccccc1-c1nc(C2CCOC(C)(C)C2)no1. The summed E-state index contributed by atoms with van der Waals surface area (Å²) in [6, 6.07) is 7.80. The van der Waals surface area contributed by atoms with Crippen molar-refractivity contribution in [1.82, 2.24) is 15.0 Å². The maximum atomic E-state index is 5.90. The molecule has 0 radical (unpaired) electrons. The van der Waals surface area contributed by atoms with Gasteiger partial charge in [-0.05, 0) is 52.9 Å². The Labute approximate surface area is 149 Å². The zero-order chi connectivity index (χ0) is 17.9. The van der Waals surface area contributed by atoms with Gasteiger partial charge in [-0.3, -0.25) is 0 Å². The van der Waals surface area contributed by atoms with Gasteiger partial charge < -0.3 is 18.9 Å². The summed E-state index contributed by atoms with van der Waals surface area (Å²) in [6.45, 7) is 6.40. The lowest BCUT2D eigenvalue weighted by atomic mass is 9.88. The molecule has 25 heavy (non-hydrogen) atoms. The van der Waals surface area contributed by atoms with Gasteiger partial charge in [-0.15, -0.1) is 0 Å². The topological polar surface area (TPSA) is 60.6 Å². The highest BCUT2D eigenvalue weighted by atomic mass is 16.5. The van der Waals surface area contributed by atoms with E-state index in [0.29, 0.717) is 12.5 Å². The van der Waals surface area contributed by atoms with Crippen molar-refractivity contribution in [3.05, 3.63) is 30.1 Å². The molecule has 1 aliphatic rings. The van der Waals surface area contributed by atoms with Crippen LogP contribution in [0, 0.1) is 0 Å². The highest BCUT2D eigenvalue weighted by Crippen LogP contribution is 2.36. The van der Waals surface area contributed by atoms with Crippen LogP contribution in [-0.2, 0) is 4.74 Å². The van der Waals surface area contributed by atoms with Crippen molar-refractivity contribution >= 4 is 0 Å². The molecule has 1 fully saturated rings. The predicted molar refractivity (Wildman–Crippen MR) is 95.8 cm³/mol. The van der Waals surface area contributed by atoms with E-state index >= 15 is 0 Å². The van der Waals surface area contributed by atoms with E-state index in [1.165, 1.54) is 0 Å². The Hall–Kier alpha value is -1.92. The van der Waals surface area contributed by atoms with Crippen molar-refractivity contribution < 1.29 is 14.0 Å². The Bertz CT molecular complexity index is 697. The Morgan fingerprint density at radius 2 is 2.08 bits per heavy atom. The van der Waals surface area contributed by atoms with Gasteiger partial charge in [0.25, 0.3) is 5.89 Å². The molecule has 0 saturated carbocycles. The molecule has 2 aromatic rings. The summed E-state index contributed by atoms with van der Waals surface area (Å²) >= 11 is 0. The summed E-state index contributed by atoms with van der Waals surface area (Å²) in [5.41, 5.74) is 0.697. The third-order valence-corrected chi connectivity index (χ3v) is 4.42. The lowest BCUT2D eigenvalue weighted by molar-refractivity contribution is -0.0604. The minimum Gasteiger partial charge on any atom is -0.491 e. The van der Waals surface area contributed by atoms with Crippen molar-refractivity contribution in [2.45, 2.75) is 38.2 Å². The first-order valence-corrected chi connectivity index (χ1v) is 8.79. The van der Waals surface area contributed by atoms with Crippen molar-refractivity contribution in [2.75, 3.05) is 33.9 Å². The van der Waals surface area contributed by atoms with Crippen LogP contribution in [0.25, 0.3) is 11.5 Å². The van der Waals surface area contributed by atoms with E-state index in [1.54, 1.807) is 0 Å². The molecule has 1 atom stereocenters. The largest absolute Gasteiger partial charge is 0.491 e. The molecule has 0 spiro atoms. The molecular formula is C19H27N3O3. The molecule has 1 aromatic carbocycles. The molecule has 0 amide bonds. The normalized spacial score (nSPS) is 20.0. The van der Waals surface area contributed by atoms with Gasteiger partial charge in [-0.2, -0.15) is 4.98 Å². The number of benzene rings is 1. The number of hydrogen-bond donors (Lipinski definition) is 0. The van der Waals surface area contributed by atoms with Crippen LogP contribution in [-0.4, -0.2) is 54.5 Å². The van der Waals surface area contributed by atoms with E-state index in [-0.39, 0.29) is 11.5 Å². The maximum absolute atomic E-state index is 5.90. The van der Waals surface area contributed by atoms with Gasteiger partial charge in [-0.25, -0.2) is 0 Å². The van der Waals surface area contributed by atoms with Crippen LogP contribution in [0.5, 0.6) is 5.75 Å². The van der Waals surface area contributed by atoms with E-state index in [0.717, 1.165) is 43.1 Å². The zero-order valence-corrected chi connectivity index (χ0v) is 15.5. The first kappa shape index (κ1) is 17.9. The molecule has 1 aromatic heterocycles. The van der Waals surface area contributed by atoms with Crippen molar-refractivity contribution in [3.63, 3.8) is 0 Å². The summed E-state index contributed by atoms with van der Waals surface area (Å²) < 4.78 is 17.2. The molecule has 3 rings (SSSR count). The molecule has 1 aliphatic heterocycles. The molecule has 2 heterocycles. The van der Waals surface area contributed by atoms with E-state index < -0.39 is 0 Å². The molecule has 0 N–H and O–H groups in total. The molecule has 6 heteroatoms. The second kappa shape index (κ2) is 7.54. The van der Waals surface area contributed by atoms with Crippen molar-refractivity contribution in [2.24, 2.45) is 0 Å². The average Bonchev–Trinajstić information content (AvgIpc) is 3.04. The van der Waals surface area contributed by atoms with Crippen LogP contribution >= 0.6 is 0 Å². The molecule has 6 nitrogen and oxygen atoms in total. The first-order chi connectivity index (χ1) is 11.9. The van der Waals surface area contributed by atoms with Crippen LogP contribution < -0.4 is 4.74 Å². The second-order valence-corrected chi connectivity index (χ2v) is 7.40. The third-order valence-electron chi connectivity index (χ3n) is 4.42. The summed E-state index contributed by atoms with van der Waals surface area (Å²) in [4.78, 5) is 6.73. The fourth-order valence-corrected chi connectivity index (χ4v) is 3.07. The van der Waals surface area contributed by atoms with Gasteiger partial charge in [0.2, 0.25) is 0 Å². The number of ether oxygens (including phenoxy) is 2. The fraction of sp³-hybridized carbons (Fsp3) is 0.579. The standard InChI is InChI=1S/C19H27N3O3/c1-19(2)13-14(9-11-24-19)17-20-18(25-21-17)15-7-5-6-8-16(15)23-12-10-22(3)4/h5-8,14H,9-13H2,1-4H3. The van der Waals surface area contributed by atoms with E-state index in [1.807, 2.05) is 38.4 Å². The fourth-order valence-electron chi connectivity index (χ4n) is 3.07. The zero-order valence-electron chi connectivity index (χ0n) is 15.5. The highest BCUT2D eigenvalue weighted by Gasteiger charge is 2.32. The Morgan fingerprint density at radius 3 is 2.84 bits per heavy atom. The Kier molecular flexibility index (Phi) is 5.39. The number of hydrogen-bond acceptors (Lipinski definition) is 6. The van der Waals surface area contributed by atoms with Gasteiger partial charge in [0, 0.05) is 19.1 Å². The van der Waals surface area contributed by atoms with Crippen LogP contribution in [0.15, 0.2) is 28.8 Å². The number of rotatable bonds is 6. The van der Waals surface area contributed by atoms with E-state index in [9.17, 15) is 0 Å². The van der Waals surface area contributed by atoms with Gasteiger partial charge in [0.05, 0.1) is 11.2 Å². The molecular weight excluding hydrogens is 318 g/mol. The van der Waals surface area contributed by atoms with Gasteiger partial charge in [-0.1, -0.05) is 17.3 Å². The van der Waals surface area contributed by atoms with Gasteiger partial charge in [0.15, 0.2) is 5.82 Å². The van der Waals surface area contributed by atoms with Crippen molar-refractivity contribution in [1.29, 1.82) is 0 Å². The number of likely N-dealkylation sites (N-methyl/N-ethyl adjacent to an activating group) is 1. The quantitative estimate of drug-likeness (QED) is 0.800. The van der Waals surface area contributed by atoms with Gasteiger partial charge >= 0.3 is 0 Å². The summed E-state index contributed by atoms with van der Waals surface area (Å²) in [6.07, 6.45) is 1.82. The Balaban J connectivity index is 1.76. The summed E-state index contributed by atoms with van der Waals surface area (Å²) in [5, 5.41) is 4.23. The number of aromatic nitrogens is 2. The molecule has 136 valence electrons. The lowest BCUT2D eigenvalue weighted by Crippen LogP contribution is -2.33. The smallest absolute Gasteiger partial charge is 0.261 e. The minimum absolute atomic E-state index is 0.142. The van der Waals surface area contributed by atoms with Crippen LogP contribution in [0.3, 0.4) is 0 Å². The third kappa shape index (κ3) is 4.58. The molecule has 0 bridgehead atoms. The maximum Gasteiger partial charge on any atom is 0.261 e. The first-order valence-electron chi connectivity index (χ1n) is 8.79. The van der Waals surface area contributed by atoms with Crippen LogP contribution in [0.1, 0.15) is 38.4 Å². The van der Waals surface area contributed by atoms with Crippen molar-refractivity contribution in [3.8, 4) is 17.2 Å². The predicted octanol–water partition coefficient (Wildman–Crippen LogP) is 3.35. The number of para-hydroxylation sites is 1. The van der Waals surface area contributed by atoms with E-state index in [2.05, 4.69) is 28.9 Å². The molecule has 0 aliphatic carbocycles. The monoisotopic (exact) mass is 345 g/mol. The van der Waals surface area contributed by atoms with Gasteiger partial charge in [0.1, 0.15) is 12.4 Å².